The summed E-state index contributed by atoms with van der Waals surface area (Å²) in [4.78, 5) is 0. The summed E-state index contributed by atoms with van der Waals surface area (Å²) in [6.07, 6.45) is 2.29. The molecule has 0 aliphatic carbocycles. The van der Waals surface area contributed by atoms with Gasteiger partial charge < -0.3 is 0 Å². The molecular weight excluding hydrogens is 296 g/mol. The molecule has 0 atom stereocenters. The Morgan fingerprint density at radius 1 is 0.826 bits per heavy atom. The fourth-order valence-electron chi connectivity index (χ4n) is 4.06. The third-order valence-corrected chi connectivity index (χ3v) is 11.8. The van der Waals surface area contributed by atoms with Crippen molar-refractivity contribution in [2.45, 2.75) is 26.9 Å². The average molecular weight is 323 g/mol. The average Bonchev–Trinajstić information content (AvgIpc) is 2.55. The Hall–Kier alpha value is -2.13. The van der Waals surface area contributed by atoms with Crippen molar-refractivity contribution < 1.29 is 4.24 Å². The molecule has 0 fully saturated rings. The number of anilines is 1. The maximum atomic E-state index is 2.59. The minimum atomic E-state index is -2.86. The van der Waals surface area contributed by atoms with E-state index >= 15 is 0 Å². The van der Waals surface area contributed by atoms with Crippen LogP contribution >= 0.6 is 0 Å². The van der Waals surface area contributed by atoms with E-state index in [1.54, 1.807) is 0 Å². The molecule has 0 aromatic heterocycles. The van der Waals surface area contributed by atoms with Gasteiger partial charge in [0.05, 0.1) is 0 Å². The number of para-hydroxylation sites is 1. The summed E-state index contributed by atoms with van der Waals surface area (Å²) < 4.78 is 5.11. The van der Waals surface area contributed by atoms with E-state index in [1.807, 2.05) is 0 Å². The standard InChI is InChI=1S/C20H26N2Si/c1-17-16-18(2)22(19-12-8-6-9-13-19)23(4,5,21(17)3)20-14-10-7-11-15-20/h6-16H,1-5H3. The summed E-state index contributed by atoms with van der Waals surface area (Å²) >= 11 is 0. The SMILES string of the molecule is CC1=CC(C)=[N+](C)[Si-](C)(C)(c2ccccc2)N1c1ccccc1. The first-order chi connectivity index (χ1) is 10.9. The predicted molar refractivity (Wildman–Crippen MR) is 103 cm³/mol. The molecule has 3 rings (SSSR count). The van der Waals surface area contributed by atoms with Gasteiger partial charge in [0, 0.05) is 0 Å². The fourth-order valence-corrected chi connectivity index (χ4v) is 9.28. The van der Waals surface area contributed by atoms with Gasteiger partial charge in [-0.2, -0.15) is 0 Å². The van der Waals surface area contributed by atoms with Crippen LogP contribution in [0.1, 0.15) is 13.8 Å². The molecule has 0 saturated heterocycles. The zero-order chi connectivity index (χ0) is 16.7. The predicted octanol–water partition coefficient (Wildman–Crippen LogP) is 4.08. The van der Waals surface area contributed by atoms with Crippen LogP contribution in [0.4, 0.5) is 5.69 Å². The second-order valence-corrected chi connectivity index (χ2v) is 13.4. The van der Waals surface area contributed by atoms with E-state index in [0.29, 0.717) is 0 Å². The van der Waals surface area contributed by atoms with Crippen LogP contribution in [-0.2, 0) is 0 Å². The van der Waals surface area contributed by atoms with Crippen molar-refractivity contribution in [2.75, 3.05) is 11.6 Å². The molecule has 0 spiro atoms. The summed E-state index contributed by atoms with van der Waals surface area (Å²) in [5, 5.41) is 1.42. The van der Waals surface area contributed by atoms with Gasteiger partial charge in [0.15, 0.2) is 0 Å². The topological polar surface area (TPSA) is 6.25 Å². The number of nitrogens with zero attached hydrogens (tertiary/aromatic N) is 2. The normalized spacial score (nSPS) is 21.3. The molecule has 0 saturated carbocycles. The van der Waals surface area contributed by atoms with E-state index in [4.69, 9.17) is 0 Å². The molecule has 120 valence electrons. The van der Waals surface area contributed by atoms with Crippen molar-refractivity contribution in [1.82, 2.24) is 0 Å². The Morgan fingerprint density at radius 3 is 1.91 bits per heavy atom. The van der Waals surface area contributed by atoms with Gasteiger partial charge in [-0.05, 0) is 0 Å². The number of allylic oxidation sites excluding steroid dienone is 2. The Kier molecular flexibility index (Phi) is 3.56. The minimum absolute atomic E-state index is 1.27. The molecule has 23 heavy (non-hydrogen) atoms. The summed E-state index contributed by atoms with van der Waals surface area (Å²) in [6.45, 7) is 9.37. The second kappa shape index (κ2) is 5.20. The number of hydrogen-bond donors (Lipinski definition) is 0. The first-order valence-electron chi connectivity index (χ1n) is 8.21. The monoisotopic (exact) mass is 322 g/mol. The van der Waals surface area contributed by atoms with Gasteiger partial charge in [0.2, 0.25) is 0 Å². The summed E-state index contributed by atoms with van der Waals surface area (Å²) in [6, 6.07) is 21.7. The van der Waals surface area contributed by atoms with Gasteiger partial charge in [-0.25, -0.2) is 0 Å². The van der Waals surface area contributed by atoms with E-state index < -0.39 is 7.67 Å². The number of rotatable bonds is 2. The molecule has 2 aromatic carbocycles. The molecule has 1 heterocycles. The van der Waals surface area contributed by atoms with Crippen LogP contribution in [0.5, 0.6) is 0 Å². The van der Waals surface area contributed by atoms with E-state index in [2.05, 4.69) is 110 Å². The Morgan fingerprint density at radius 2 is 1.35 bits per heavy atom. The molecule has 2 nitrogen and oxygen atoms in total. The van der Waals surface area contributed by atoms with Gasteiger partial charge in [-0.3, -0.25) is 0 Å². The van der Waals surface area contributed by atoms with Gasteiger partial charge in [-0.15, -0.1) is 0 Å². The van der Waals surface area contributed by atoms with Crippen molar-refractivity contribution in [2.24, 2.45) is 0 Å². The van der Waals surface area contributed by atoms with Crippen LogP contribution in [-0.4, -0.2) is 24.7 Å². The first-order valence-corrected chi connectivity index (χ1v) is 11.6. The summed E-state index contributed by atoms with van der Waals surface area (Å²) in [5.74, 6) is 0. The van der Waals surface area contributed by atoms with Crippen LogP contribution in [0.2, 0.25) is 13.1 Å². The third kappa shape index (κ3) is 2.19. The Labute approximate surface area is 140 Å². The molecule has 2 aromatic rings. The van der Waals surface area contributed by atoms with Gasteiger partial charge in [0.25, 0.3) is 0 Å². The van der Waals surface area contributed by atoms with Crippen molar-refractivity contribution in [3.8, 4) is 0 Å². The molecule has 0 bridgehead atoms. The zero-order valence-electron chi connectivity index (χ0n) is 14.7. The third-order valence-electron chi connectivity index (χ3n) is 5.57. The molecule has 0 unspecified atom stereocenters. The van der Waals surface area contributed by atoms with Crippen molar-refractivity contribution in [3.05, 3.63) is 72.4 Å². The van der Waals surface area contributed by atoms with Crippen LogP contribution in [0.3, 0.4) is 0 Å². The first kappa shape index (κ1) is 15.8. The summed E-state index contributed by atoms with van der Waals surface area (Å²) in [7, 11) is -0.619. The van der Waals surface area contributed by atoms with Gasteiger partial charge >= 0.3 is 139 Å². The van der Waals surface area contributed by atoms with Crippen molar-refractivity contribution >= 4 is 24.3 Å². The quantitative estimate of drug-likeness (QED) is 0.755. The van der Waals surface area contributed by atoms with Gasteiger partial charge in [-0.1, -0.05) is 0 Å². The molecule has 0 radical (unpaired) electrons. The van der Waals surface area contributed by atoms with Gasteiger partial charge in [0.1, 0.15) is 0 Å². The van der Waals surface area contributed by atoms with E-state index in [-0.39, 0.29) is 0 Å². The molecule has 0 amide bonds. The number of hydrogen-bond acceptors (Lipinski definition) is 1. The fraction of sp³-hybridized carbons (Fsp3) is 0.250. The van der Waals surface area contributed by atoms with E-state index in [9.17, 15) is 0 Å². The maximum absolute atomic E-state index is 2.86. The van der Waals surface area contributed by atoms with Crippen molar-refractivity contribution in [3.63, 3.8) is 0 Å². The molecule has 1 aliphatic heterocycles. The molecule has 0 N–H and O–H groups in total. The van der Waals surface area contributed by atoms with Crippen LogP contribution in [0.25, 0.3) is 0 Å². The second-order valence-electron chi connectivity index (χ2n) is 7.24. The zero-order valence-corrected chi connectivity index (χ0v) is 15.7. The van der Waals surface area contributed by atoms with Crippen molar-refractivity contribution in [1.29, 1.82) is 0 Å². The molecular formula is C20H26N2Si. The summed E-state index contributed by atoms with van der Waals surface area (Å²) in [5.41, 5.74) is 3.91. The number of benzene rings is 2. The van der Waals surface area contributed by atoms with E-state index in [0.717, 1.165) is 0 Å². The van der Waals surface area contributed by atoms with E-state index in [1.165, 1.54) is 22.3 Å². The Balaban J connectivity index is 2.35. The molecule has 3 heteroatoms. The molecule has 1 aliphatic rings. The van der Waals surface area contributed by atoms with Crippen LogP contribution < -0.4 is 9.75 Å². The van der Waals surface area contributed by atoms with Crippen LogP contribution in [0.15, 0.2) is 72.4 Å². The Bertz CT molecular complexity index is 789. The van der Waals surface area contributed by atoms with Crippen LogP contribution in [0, 0.1) is 0 Å².